The quantitative estimate of drug-likeness (QED) is 0.817. The molecule has 0 unspecified atom stereocenters. The van der Waals surface area contributed by atoms with E-state index in [0.717, 1.165) is 29.3 Å². The molecule has 1 aromatic heterocycles. The van der Waals surface area contributed by atoms with Crippen LogP contribution >= 0.6 is 11.3 Å². The van der Waals surface area contributed by atoms with Crippen molar-refractivity contribution in [3.8, 4) is 0 Å². The summed E-state index contributed by atoms with van der Waals surface area (Å²) in [5, 5.41) is 4.52. The third-order valence-corrected chi connectivity index (χ3v) is 3.52. The summed E-state index contributed by atoms with van der Waals surface area (Å²) in [6.07, 6.45) is 1.91. The normalized spacial score (nSPS) is 10.7. The molecule has 0 radical (unpaired) electrons. The summed E-state index contributed by atoms with van der Waals surface area (Å²) in [4.78, 5) is 5.57. The van der Waals surface area contributed by atoms with E-state index in [1.807, 2.05) is 19.2 Å². The first-order valence-corrected chi connectivity index (χ1v) is 6.44. The second-order valence-electron chi connectivity index (χ2n) is 4.16. The van der Waals surface area contributed by atoms with E-state index in [2.05, 4.69) is 29.4 Å². The van der Waals surface area contributed by atoms with Crippen LogP contribution in [-0.2, 0) is 13.1 Å². The first-order valence-electron chi connectivity index (χ1n) is 5.62. The van der Waals surface area contributed by atoms with Crippen molar-refractivity contribution >= 4 is 17.0 Å². The van der Waals surface area contributed by atoms with Gasteiger partial charge in [0.25, 0.3) is 0 Å². The van der Waals surface area contributed by atoms with Crippen LogP contribution in [0.1, 0.15) is 21.0 Å². The lowest BCUT2D eigenvalue weighted by molar-refractivity contribution is 0.689. The molecule has 0 fully saturated rings. The van der Waals surface area contributed by atoms with Crippen molar-refractivity contribution in [2.45, 2.75) is 26.9 Å². The number of hydrogen-bond donors (Lipinski definition) is 2. The minimum Gasteiger partial charge on any atom is -0.399 e. The highest BCUT2D eigenvalue weighted by atomic mass is 32.1. The maximum atomic E-state index is 5.78. The molecule has 0 aliphatic heterocycles. The summed E-state index contributed by atoms with van der Waals surface area (Å²) >= 11 is 1.73. The predicted octanol–water partition coefficient (Wildman–Crippen LogP) is 2.63. The molecule has 90 valence electrons. The number of hydrogen-bond acceptors (Lipinski definition) is 4. The number of nitrogens with zero attached hydrogens (tertiary/aromatic N) is 1. The Hall–Kier alpha value is -1.39. The Morgan fingerprint density at radius 2 is 2.12 bits per heavy atom. The molecule has 0 aliphatic carbocycles. The number of aromatic nitrogens is 1. The zero-order valence-electron chi connectivity index (χ0n) is 10.2. The van der Waals surface area contributed by atoms with Crippen molar-refractivity contribution in [3.05, 3.63) is 45.4 Å². The Labute approximate surface area is 106 Å². The highest BCUT2D eigenvalue weighted by Gasteiger charge is 1.99. The van der Waals surface area contributed by atoms with E-state index in [-0.39, 0.29) is 0 Å². The number of benzene rings is 1. The first kappa shape index (κ1) is 12.1. The molecule has 4 heteroatoms. The zero-order chi connectivity index (χ0) is 12.3. The van der Waals surface area contributed by atoms with Crippen LogP contribution in [0.15, 0.2) is 24.4 Å². The molecule has 3 nitrogen and oxygen atoms in total. The van der Waals surface area contributed by atoms with Crippen molar-refractivity contribution < 1.29 is 0 Å². The van der Waals surface area contributed by atoms with E-state index < -0.39 is 0 Å². The van der Waals surface area contributed by atoms with Crippen molar-refractivity contribution in [1.29, 1.82) is 0 Å². The Bertz CT molecular complexity index is 505. The summed E-state index contributed by atoms with van der Waals surface area (Å²) in [6, 6.07) is 6.14. The molecule has 0 amide bonds. The highest BCUT2D eigenvalue weighted by molar-refractivity contribution is 7.11. The molecule has 2 aromatic rings. The van der Waals surface area contributed by atoms with Crippen LogP contribution < -0.4 is 11.1 Å². The first-order chi connectivity index (χ1) is 8.15. The van der Waals surface area contributed by atoms with Crippen molar-refractivity contribution in [1.82, 2.24) is 10.3 Å². The van der Waals surface area contributed by atoms with E-state index in [0.29, 0.717) is 0 Å². The number of thiazole rings is 1. The minimum absolute atomic E-state index is 0.821. The van der Waals surface area contributed by atoms with Crippen LogP contribution in [0.25, 0.3) is 0 Å². The van der Waals surface area contributed by atoms with E-state index in [1.54, 1.807) is 11.3 Å². The summed E-state index contributed by atoms with van der Waals surface area (Å²) < 4.78 is 0. The second kappa shape index (κ2) is 5.29. The van der Waals surface area contributed by atoms with Crippen LogP contribution in [0.2, 0.25) is 0 Å². The molecule has 1 aromatic carbocycles. The van der Waals surface area contributed by atoms with Gasteiger partial charge in [0.15, 0.2) is 0 Å². The number of aryl methyl sites for hydroxylation is 2. The van der Waals surface area contributed by atoms with Gasteiger partial charge in [-0.1, -0.05) is 12.1 Å². The maximum absolute atomic E-state index is 5.78. The molecule has 2 rings (SSSR count). The Balaban J connectivity index is 1.87. The highest BCUT2D eigenvalue weighted by Crippen LogP contribution is 2.13. The Kier molecular flexibility index (Phi) is 3.76. The van der Waals surface area contributed by atoms with E-state index in [1.165, 1.54) is 10.4 Å². The predicted molar refractivity (Wildman–Crippen MR) is 73.0 cm³/mol. The summed E-state index contributed by atoms with van der Waals surface area (Å²) in [5.41, 5.74) is 9.02. The lowest BCUT2D eigenvalue weighted by atomic mass is 10.1. The van der Waals surface area contributed by atoms with Gasteiger partial charge in [-0.3, -0.25) is 0 Å². The van der Waals surface area contributed by atoms with Crippen LogP contribution in [0.3, 0.4) is 0 Å². The van der Waals surface area contributed by atoms with E-state index in [9.17, 15) is 0 Å². The van der Waals surface area contributed by atoms with Crippen molar-refractivity contribution in [2.24, 2.45) is 0 Å². The SMILES string of the molecule is Cc1cnc(CNCc2ccc(N)c(C)c2)s1. The lowest BCUT2D eigenvalue weighted by Crippen LogP contribution is -2.12. The van der Waals surface area contributed by atoms with Gasteiger partial charge in [0.05, 0.1) is 0 Å². The molecule has 0 aliphatic rings. The van der Waals surface area contributed by atoms with Gasteiger partial charge >= 0.3 is 0 Å². The van der Waals surface area contributed by atoms with Gasteiger partial charge in [0, 0.05) is 29.9 Å². The van der Waals surface area contributed by atoms with E-state index >= 15 is 0 Å². The molecule has 0 atom stereocenters. The van der Waals surface area contributed by atoms with Crippen LogP contribution in [0.4, 0.5) is 5.69 Å². The fourth-order valence-corrected chi connectivity index (χ4v) is 2.40. The smallest absolute Gasteiger partial charge is 0.107 e. The minimum atomic E-state index is 0.821. The molecule has 0 saturated heterocycles. The molecule has 17 heavy (non-hydrogen) atoms. The van der Waals surface area contributed by atoms with Gasteiger partial charge in [-0.15, -0.1) is 11.3 Å². The summed E-state index contributed by atoms with van der Waals surface area (Å²) in [7, 11) is 0. The zero-order valence-corrected chi connectivity index (χ0v) is 11.0. The number of nitrogen functional groups attached to an aromatic ring is 1. The Morgan fingerprint density at radius 1 is 1.29 bits per heavy atom. The third-order valence-electron chi connectivity index (χ3n) is 2.61. The van der Waals surface area contributed by atoms with Gasteiger partial charge in [0.2, 0.25) is 0 Å². The van der Waals surface area contributed by atoms with Gasteiger partial charge in [0.1, 0.15) is 5.01 Å². The Morgan fingerprint density at radius 3 is 2.76 bits per heavy atom. The fraction of sp³-hybridized carbons (Fsp3) is 0.308. The molecule has 0 bridgehead atoms. The third kappa shape index (κ3) is 3.28. The number of anilines is 1. The van der Waals surface area contributed by atoms with Crippen LogP contribution in [0, 0.1) is 13.8 Å². The van der Waals surface area contributed by atoms with E-state index in [4.69, 9.17) is 5.73 Å². The number of nitrogens with one attached hydrogen (secondary N) is 1. The fourth-order valence-electron chi connectivity index (χ4n) is 1.64. The molecular weight excluding hydrogens is 230 g/mol. The molecular formula is C13H17N3S. The number of nitrogens with two attached hydrogens (primary N) is 1. The average molecular weight is 247 g/mol. The van der Waals surface area contributed by atoms with Gasteiger partial charge in [-0.25, -0.2) is 4.98 Å². The van der Waals surface area contributed by atoms with Gasteiger partial charge < -0.3 is 11.1 Å². The monoisotopic (exact) mass is 247 g/mol. The summed E-state index contributed by atoms with van der Waals surface area (Å²) in [5.74, 6) is 0. The molecule has 0 spiro atoms. The summed E-state index contributed by atoms with van der Waals surface area (Å²) in [6.45, 7) is 5.77. The van der Waals surface area contributed by atoms with Gasteiger partial charge in [-0.05, 0) is 31.0 Å². The van der Waals surface area contributed by atoms with Crippen molar-refractivity contribution in [3.63, 3.8) is 0 Å². The standard InChI is InChI=1S/C13H17N3S/c1-9-5-11(3-4-12(9)14)7-15-8-13-16-6-10(2)17-13/h3-6,15H,7-8,14H2,1-2H3. The number of rotatable bonds is 4. The van der Waals surface area contributed by atoms with Crippen molar-refractivity contribution in [2.75, 3.05) is 5.73 Å². The van der Waals surface area contributed by atoms with Gasteiger partial charge in [-0.2, -0.15) is 0 Å². The second-order valence-corrected chi connectivity index (χ2v) is 5.48. The van der Waals surface area contributed by atoms with Crippen LogP contribution in [0.5, 0.6) is 0 Å². The average Bonchev–Trinajstić information content (AvgIpc) is 2.70. The molecule has 1 heterocycles. The molecule has 3 N–H and O–H groups in total. The molecule has 0 saturated carbocycles. The van der Waals surface area contributed by atoms with Crippen LogP contribution in [-0.4, -0.2) is 4.98 Å². The topological polar surface area (TPSA) is 50.9 Å². The maximum Gasteiger partial charge on any atom is 0.107 e. The largest absolute Gasteiger partial charge is 0.399 e. The lowest BCUT2D eigenvalue weighted by Gasteiger charge is -2.06.